The average molecular weight is 902 g/mol. The zero-order valence-electron chi connectivity index (χ0n) is 40.3. The van der Waals surface area contributed by atoms with Crippen molar-refractivity contribution in [2.45, 2.75) is 116 Å². The van der Waals surface area contributed by atoms with Crippen LogP contribution in [0.1, 0.15) is 113 Å². The lowest BCUT2D eigenvalue weighted by Crippen LogP contribution is -2.48. The Bertz CT molecular complexity index is 1990. The van der Waals surface area contributed by atoms with Crippen molar-refractivity contribution in [2.24, 2.45) is 0 Å². The lowest BCUT2D eigenvalue weighted by atomic mass is 9.98. The van der Waals surface area contributed by atoms with Gasteiger partial charge in [0.25, 0.3) is 0 Å². The first-order valence-corrected chi connectivity index (χ1v) is 24.6. The molecule has 65 heavy (non-hydrogen) atoms. The molecule has 9 nitrogen and oxygen atoms in total. The molecule has 1 amide bonds. The van der Waals surface area contributed by atoms with Crippen LogP contribution in [0.25, 0.3) is 0 Å². The summed E-state index contributed by atoms with van der Waals surface area (Å²) in [6, 6.07) is 27.9. The van der Waals surface area contributed by atoms with Crippen molar-refractivity contribution in [3.8, 4) is 11.8 Å². The second-order valence-corrected chi connectivity index (χ2v) is 18.9. The van der Waals surface area contributed by atoms with Crippen LogP contribution in [0.15, 0.2) is 115 Å². The molecule has 1 saturated heterocycles. The van der Waals surface area contributed by atoms with Crippen molar-refractivity contribution in [1.29, 1.82) is 0 Å². The molecule has 4 unspecified atom stereocenters. The topological polar surface area (TPSA) is 83.2 Å². The quantitative estimate of drug-likeness (QED) is 0.0230. The zero-order valence-corrected chi connectivity index (χ0v) is 41.4. The van der Waals surface area contributed by atoms with Gasteiger partial charge in [-0.05, 0) is 93.8 Å². The van der Waals surface area contributed by atoms with Crippen LogP contribution in [0, 0.1) is 11.8 Å². The van der Waals surface area contributed by atoms with Crippen molar-refractivity contribution in [3.05, 3.63) is 143 Å². The lowest BCUT2D eigenvalue weighted by molar-refractivity contribution is -0.121. The molecule has 0 aromatic heterocycles. The van der Waals surface area contributed by atoms with E-state index in [0.29, 0.717) is 32.1 Å². The lowest BCUT2D eigenvalue weighted by Gasteiger charge is -2.35. The molecule has 1 fully saturated rings. The molecule has 1 heterocycles. The number of allylic oxidation sites excluding steroid dienone is 1. The Morgan fingerprint density at radius 2 is 1.49 bits per heavy atom. The maximum atomic E-state index is 13.0. The van der Waals surface area contributed by atoms with Gasteiger partial charge >= 0.3 is 0 Å². The molecule has 0 radical (unpaired) electrons. The van der Waals surface area contributed by atoms with E-state index in [9.17, 15) is 9.59 Å². The van der Waals surface area contributed by atoms with Gasteiger partial charge in [0.1, 0.15) is 6.29 Å². The fourth-order valence-corrected chi connectivity index (χ4v) is 8.83. The van der Waals surface area contributed by atoms with Gasteiger partial charge in [0.2, 0.25) is 5.91 Å². The van der Waals surface area contributed by atoms with E-state index in [1.165, 1.54) is 22.3 Å². The largest absolute Gasteiger partial charge is 0.386 e. The number of benzene rings is 3. The Morgan fingerprint density at radius 3 is 2.22 bits per heavy atom. The molecule has 1 aliphatic rings. The van der Waals surface area contributed by atoms with E-state index < -0.39 is 0 Å². The summed E-state index contributed by atoms with van der Waals surface area (Å²) in [7, 11) is 2.93. The highest BCUT2D eigenvalue weighted by Gasteiger charge is 2.26. The van der Waals surface area contributed by atoms with Crippen LogP contribution < -0.4 is 16.0 Å². The SMILES string of the molecule is C=C(C)CN1CN(CC)CCN(C(C=O)CCC(=O)NCCCCCCC(Cc2cccc(C#CCCc3cccc(C(P)NCc4ccccc4)c3)c2)NC(=C)C)CN(CC(=C)C)C1. The standard InChI is InChI=1S/C55H80N7O2P/c1-8-59-32-33-62(43-61(39-45(4)5)42-60(41-59)38-44(2)3)53(40-63)29-30-54(64)56-31-17-10-9-14-28-52(58-46(6)7)36-50-26-18-24-47(34-50)20-15-16-21-48-25-19-27-51(35-48)55(65)57-37-49-22-12-11-13-23-49/h11-13,18-19,22-27,34-35,40,52-53,55,57-58H,2,4,6,8-10,14,16-17,21,28-33,36-39,41-43,65H2,1,3,5,7H3,(H,56,64). The number of nitrogens with zero attached hydrogens (tertiary/aromatic N) is 4. The number of aryl methyl sites for hydroxylation is 1. The summed E-state index contributed by atoms with van der Waals surface area (Å²) in [5.41, 5.74) is 9.37. The Balaban J connectivity index is 1.16. The van der Waals surface area contributed by atoms with Gasteiger partial charge < -0.3 is 20.7 Å². The van der Waals surface area contributed by atoms with E-state index in [4.69, 9.17) is 0 Å². The summed E-state index contributed by atoms with van der Waals surface area (Å²) in [5, 5.41) is 10.3. The molecular formula is C55H80N7O2P. The van der Waals surface area contributed by atoms with E-state index in [2.05, 4.69) is 163 Å². The molecule has 0 bridgehead atoms. The normalized spacial score (nSPS) is 15.6. The molecule has 1 aliphatic heterocycles. The summed E-state index contributed by atoms with van der Waals surface area (Å²) in [6.45, 7) is 28.7. The molecule has 0 spiro atoms. The number of likely N-dealkylation sites (N-methyl/N-ethyl adjacent to an activating group) is 1. The number of rotatable bonds is 27. The van der Waals surface area contributed by atoms with E-state index >= 15 is 0 Å². The number of carbonyl (C=O) groups excluding carboxylic acids is 2. The van der Waals surface area contributed by atoms with Crippen molar-refractivity contribution >= 4 is 21.4 Å². The van der Waals surface area contributed by atoms with Crippen LogP contribution in [0.4, 0.5) is 0 Å². The van der Waals surface area contributed by atoms with E-state index in [-0.39, 0.29) is 17.7 Å². The third-order valence-corrected chi connectivity index (χ3v) is 12.3. The van der Waals surface area contributed by atoms with Crippen LogP contribution in [0.3, 0.4) is 0 Å². The van der Waals surface area contributed by atoms with Gasteiger partial charge in [-0.3, -0.25) is 24.4 Å². The number of amides is 1. The minimum Gasteiger partial charge on any atom is -0.386 e. The summed E-state index contributed by atoms with van der Waals surface area (Å²) < 4.78 is 0. The number of aldehydes is 1. The molecular weight excluding hydrogens is 822 g/mol. The van der Waals surface area contributed by atoms with Crippen molar-refractivity contribution in [3.63, 3.8) is 0 Å². The smallest absolute Gasteiger partial charge is 0.220 e. The van der Waals surface area contributed by atoms with Crippen LogP contribution >= 0.6 is 9.24 Å². The van der Waals surface area contributed by atoms with Gasteiger partial charge in [-0.15, -0.1) is 9.24 Å². The molecule has 3 aromatic rings. The summed E-state index contributed by atoms with van der Waals surface area (Å²) in [5.74, 6) is 7.04. The molecule has 4 atom stereocenters. The molecule has 3 N–H and O–H groups in total. The first-order chi connectivity index (χ1) is 31.4. The third-order valence-electron chi connectivity index (χ3n) is 11.7. The molecule has 10 heteroatoms. The predicted molar refractivity (Wildman–Crippen MR) is 276 cm³/mol. The molecule has 352 valence electrons. The van der Waals surface area contributed by atoms with Crippen molar-refractivity contribution in [2.75, 3.05) is 59.3 Å². The second kappa shape index (κ2) is 30.0. The van der Waals surface area contributed by atoms with Crippen molar-refractivity contribution < 1.29 is 9.59 Å². The molecule has 4 rings (SSSR count). The Morgan fingerprint density at radius 1 is 0.800 bits per heavy atom. The van der Waals surface area contributed by atoms with Crippen LogP contribution in [-0.2, 0) is 29.0 Å². The molecule has 3 aromatic carbocycles. The van der Waals surface area contributed by atoms with E-state index in [1.54, 1.807) is 0 Å². The van der Waals surface area contributed by atoms with Gasteiger partial charge in [-0.2, -0.15) is 0 Å². The summed E-state index contributed by atoms with van der Waals surface area (Å²) in [6.07, 6.45) is 9.74. The number of hydrogen-bond donors (Lipinski definition) is 3. The van der Waals surface area contributed by atoms with Gasteiger partial charge in [-0.25, -0.2) is 0 Å². The number of nitrogens with one attached hydrogen (secondary N) is 3. The predicted octanol–water partition coefficient (Wildman–Crippen LogP) is 9.05. The van der Waals surface area contributed by atoms with Crippen LogP contribution in [0.2, 0.25) is 0 Å². The Kier molecular flexibility index (Phi) is 24.6. The molecule has 0 aliphatic carbocycles. The van der Waals surface area contributed by atoms with Gasteiger partial charge in [0, 0.05) is 75.2 Å². The maximum absolute atomic E-state index is 13.0. The van der Waals surface area contributed by atoms with Gasteiger partial charge in [0.05, 0.1) is 26.0 Å². The number of unbranched alkanes of at least 4 members (excludes halogenated alkanes) is 3. The Hall–Kier alpha value is -4.39. The molecule has 0 saturated carbocycles. The van der Waals surface area contributed by atoms with E-state index in [0.717, 1.165) is 133 Å². The third kappa shape index (κ3) is 21.6. The monoisotopic (exact) mass is 902 g/mol. The Labute approximate surface area is 395 Å². The second-order valence-electron chi connectivity index (χ2n) is 18.2. The first-order valence-electron chi connectivity index (χ1n) is 23.9. The minimum atomic E-state index is -0.322. The van der Waals surface area contributed by atoms with Crippen LogP contribution in [-0.4, -0.2) is 103 Å². The van der Waals surface area contributed by atoms with E-state index in [1.807, 2.05) is 19.9 Å². The fourth-order valence-electron chi connectivity index (χ4n) is 8.51. The minimum absolute atomic E-state index is 0.0163. The fraction of sp³-hybridized carbons (Fsp3) is 0.491. The highest BCUT2D eigenvalue weighted by molar-refractivity contribution is 7.17. The maximum Gasteiger partial charge on any atom is 0.220 e. The zero-order chi connectivity index (χ0) is 46.8. The summed E-state index contributed by atoms with van der Waals surface area (Å²) >= 11 is 0. The average Bonchev–Trinajstić information content (AvgIpc) is 3.35. The summed E-state index contributed by atoms with van der Waals surface area (Å²) in [4.78, 5) is 34.8. The highest BCUT2D eigenvalue weighted by atomic mass is 31.0. The van der Waals surface area contributed by atoms with Crippen molar-refractivity contribution in [1.82, 2.24) is 35.6 Å². The highest BCUT2D eigenvalue weighted by Crippen LogP contribution is 2.22. The number of carbonyl (C=O) groups is 2. The van der Waals surface area contributed by atoms with Gasteiger partial charge in [0.15, 0.2) is 0 Å². The number of hydrogen-bond acceptors (Lipinski definition) is 8. The first kappa shape index (κ1) is 53.2. The van der Waals surface area contributed by atoms with Gasteiger partial charge in [-0.1, -0.05) is 136 Å². The van der Waals surface area contributed by atoms with Crippen LogP contribution in [0.5, 0.6) is 0 Å².